The minimum absolute atomic E-state index is 0.0355. The van der Waals surface area contributed by atoms with E-state index in [4.69, 9.17) is 20.6 Å². The van der Waals surface area contributed by atoms with E-state index in [0.717, 1.165) is 0 Å². The van der Waals surface area contributed by atoms with Gasteiger partial charge in [0.25, 0.3) is 0 Å². The first-order valence-electron chi connectivity index (χ1n) is 5.66. The van der Waals surface area contributed by atoms with Gasteiger partial charge in [0.15, 0.2) is 0 Å². The maximum absolute atomic E-state index is 11.7. The van der Waals surface area contributed by atoms with Gasteiger partial charge in [0.1, 0.15) is 0 Å². The van der Waals surface area contributed by atoms with E-state index in [9.17, 15) is 4.79 Å². The van der Waals surface area contributed by atoms with E-state index < -0.39 is 5.97 Å². The molecular formula is C13H12N4O3. The van der Waals surface area contributed by atoms with Crippen molar-refractivity contribution < 1.29 is 13.9 Å². The Balaban J connectivity index is 2.50. The SMILES string of the molecule is COC(=O)c1ccc(-c2nnc(N)o2)cc1C#CCN. The van der Waals surface area contributed by atoms with E-state index in [1.165, 1.54) is 7.11 Å². The maximum Gasteiger partial charge on any atom is 0.339 e. The number of ether oxygens (including phenoxy) is 1. The summed E-state index contributed by atoms with van der Waals surface area (Å²) in [5.41, 5.74) is 12.1. The molecule has 2 aromatic rings. The number of methoxy groups -OCH3 is 1. The number of esters is 1. The summed E-state index contributed by atoms with van der Waals surface area (Å²) in [7, 11) is 1.30. The average Bonchev–Trinajstić information content (AvgIpc) is 2.90. The number of nitrogens with two attached hydrogens (primary N) is 2. The minimum atomic E-state index is -0.483. The van der Waals surface area contributed by atoms with Crippen molar-refractivity contribution in [2.75, 3.05) is 19.4 Å². The van der Waals surface area contributed by atoms with E-state index >= 15 is 0 Å². The van der Waals surface area contributed by atoms with Gasteiger partial charge in [-0.2, -0.15) is 0 Å². The summed E-state index contributed by atoms with van der Waals surface area (Å²) in [6.07, 6.45) is 0. The number of nitrogen functional groups attached to an aromatic ring is 1. The van der Waals surface area contributed by atoms with Crippen molar-refractivity contribution in [3.8, 4) is 23.3 Å². The number of carbonyl (C=O) groups is 1. The van der Waals surface area contributed by atoms with E-state index in [2.05, 4.69) is 22.0 Å². The fourth-order valence-corrected chi connectivity index (χ4v) is 1.57. The fourth-order valence-electron chi connectivity index (χ4n) is 1.57. The van der Waals surface area contributed by atoms with E-state index in [0.29, 0.717) is 16.7 Å². The maximum atomic E-state index is 11.7. The number of carbonyl (C=O) groups excluding carboxylic acids is 1. The first-order valence-corrected chi connectivity index (χ1v) is 5.66. The van der Waals surface area contributed by atoms with E-state index in [1.54, 1.807) is 18.2 Å². The number of nitrogens with zero attached hydrogens (tertiary/aromatic N) is 2. The lowest BCUT2D eigenvalue weighted by molar-refractivity contribution is 0.0600. The summed E-state index contributed by atoms with van der Waals surface area (Å²) in [4.78, 5) is 11.7. The van der Waals surface area contributed by atoms with Crippen LogP contribution in [0, 0.1) is 11.8 Å². The molecule has 0 radical (unpaired) electrons. The third-order valence-corrected chi connectivity index (χ3v) is 2.44. The molecule has 0 fully saturated rings. The quantitative estimate of drug-likeness (QED) is 0.600. The number of hydrogen-bond acceptors (Lipinski definition) is 7. The van der Waals surface area contributed by atoms with Crippen molar-refractivity contribution in [1.29, 1.82) is 0 Å². The Hall–Kier alpha value is -2.85. The largest absolute Gasteiger partial charge is 0.465 e. The third kappa shape index (κ3) is 2.76. The van der Waals surface area contributed by atoms with Crippen molar-refractivity contribution >= 4 is 12.0 Å². The lowest BCUT2D eigenvalue weighted by Crippen LogP contribution is -2.04. The van der Waals surface area contributed by atoms with Crippen LogP contribution < -0.4 is 11.5 Å². The Morgan fingerprint density at radius 1 is 1.45 bits per heavy atom. The molecule has 0 aliphatic heterocycles. The Morgan fingerprint density at radius 2 is 2.25 bits per heavy atom. The summed E-state index contributed by atoms with van der Waals surface area (Å²) in [5.74, 6) is 5.26. The van der Waals surface area contributed by atoms with Crippen molar-refractivity contribution in [2.45, 2.75) is 0 Å². The Labute approximate surface area is 114 Å². The summed E-state index contributed by atoms with van der Waals surface area (Å²) in [5, 5.41) is 7.34. The van der Waals surface area contributed by atoms with Crippen molar-refractivity contribution in [1.82, 2.24) is 10.2 Å². The average molecular weight is 272 g/mol. The van der Waals surface area contributed by atoms with Gasteiger partial charge < -0.3 is 20.6 Å². The molecule has 102 valence electrons. The highest BCUT2D eigenvalue weighted by Crippen LogP contribution is 2.22. The molecule has 0 saturated carbocycles. The van der Waals surface area contributed by atoms with Crippen LogP contribution in [-0.2, 0) is 4.74 Å². The molecule has 0 aliphatic rings. The highest BCUT2D eigenvalue weighted by Gasteiger charge is 2.14. The normalized spacial score (nSPS) is 9.70. The fraction of sp³-hybridized carbons (Fsp3) is 0.154. The van der Waals surface area contributed by atoms with Gasteiger partial charge in [-0.15, -0.1) is 5.10 Å². The van der Waals surface area contributed by atoms with Gasteiger partial charge >= 0.3 is 12.0 Å². The zero-order valence-electron chi connectivity index (χ0n) is 10.7. The summed E-state index contributed by atoms with van der Waals surface area (Å²) in [6.45, 7) is 0.179. The van der Waals surface area contributed by atoms with Crippen molar-refractivity contribution in [2.24, 2.45) is 5.73 Å². The second kappa shape index (κ2) is 5.86. The molecule has 7 heteroatoms. The van der Waals surface area contributed by atoms with Gasteiger partial charge in [-0.1, -0.05) is 16.9 Å². The smallest absolute Gasteiger partial charge is 0.339 e. The van der Waals surface area contributed by atoms with Crippen molar-refractivity contribution in [3.63, 3.8) is 0 Å². The third-order valence-electron chi connectivity index (χ3n) is 2.44. The van der Waals surface area contributed by atoms with Gasteiger partial charge in [-0.3, -0.25) is 0 Å². The number of anilines is 1. The van der Waals surface area contributed by atoms with E-state index in [1.807, 2.05) is 0 Å². The molecule has 0 saturated heterocycles. The molecule has 1 heterocycles. The van der Waals surface area contributed by atoms with Crippen LogP contribution in [0.1, 0.15) is 15.9 Å². The first kappa shape index (κ1) is 13.6. The number of benzene rings is 1. The molecule has 1 aromatic carbocycles. The highest BCUT2D eigenvalue weighted by molar-refractivity contribution is 5.93. The molecule has 0 bridgehead atoms. The molecule has 2 rings (SSSR count). The molecule has 4 N–H and O–H groups in total. The molecule has 0 amide bonds. The van der Waals surface area contributed by atoms with Crippen LogP contribution in [0.25, 0.3) is 11.5 Å². The zero-order valence-corrected chi connectivity index (χ0v) is 10.7. The predicted molar refractivity (Wildman–Crippen MR) is 71.4 cm³/mol. The van der Waals surface area contributed by atoms with Crippen LogP contribution in [0.5, 0.6) is 0 Å². The van der Waals surface area contributed by atoms with Gasteiger partial charge in [-0.05, 0) is 18.2 Å². The van der Waals surface area contributed by atoms with Crippen LogP contribution in [0.2, 0.25) is 0 Å². The second-order valence-electron chi connectivity index (χ2n) is 3.70. The van der Waals surface area contributed by atoms with Gasteiger partial charge in [0.05, 0.1) is 19.2 Å². The summed E-state index contributed by atoms with van der Waals surface area (Å²) in [6, 6.07) is 4.82. The molecule has 7 nitrogen and oxygen atoms in total. The Morgan fingerprint density at radius 3 is 2.85 bits per heavy atom. The van der Waals surface area contributed by atoms with Crippen LogP contribution in [0.4, 0.5) is 6.01 Å². The monoisotopic (exact) mass is 272 g/mol. The molecule has 0 spiro atoms. The number of rotatable bonds is 2. The van der Waals surface area contributed by atoms with Crippen LogP contribution in [0.15, 0.2) is 22.6 Å². The molecular weight excluding hydrogens is 260 g/mol. The molecule has 20 heavy (non-hydrogen) atoms. The highest BCUT2D eigenvalue weighted by atomic mass is 16.5. The summed E-state index contributed by atoms with van der Waals surface area (Å²) >= 11 is 0. The molecule has 0 aliphatic carbocycles. The van der Waals surface area contributed by atoms with Crippen LogP contribution in [-0.4, -0.2) is 29.8 Å². The van der Waals surface area contributed by atoms with E-state index in [-0.39, 0.29) is 18.5 Å². The van der Waals surface area contributed by atoms with Crippen LogP contribution in [0.3, 0.4) is 0 Å². The lowest BCUT2D eigenvalue weighted by atomic mass is 10.0. The Kier molecular flexibility index (Phi) is 3.98. The predicted octanol–water partition coefficient (Wildman–Crippen LogP) is 0.416. The molecule has 0 unspecified atom stereocenters. The minimum Gasteiger partial charge on any atom is -0.465 e. The lowest BCUT2D eigenvalue weighted by Gasteiger charge is -2.04. The molecule has 0 atom stereocenters. The second-order valence-corrected chi connectivity index (χ2v) is 3.70. The number of aromatic nitrogens is 2. The van der Waals surface area contributed by atoms with Crippen LogP contribution >= 0.6 is 0 Å². The Bertz CT molecular complexity index is 697. The van der Waals surface area contributed by atoms with Gasteiger partial charge in [-0.25, -0.2) is 4.79 Å². The first-order chi connectivity index (χ1) is 9.65. The van der Waals surface area contributed by atoms with Gasteiger partial charge in [0.2, 0.25) is 5.89 Å². The zero-order chi connectivity index (χ0) is 14.5. The molecule has 1 aromatic heterocycles. The topological polar surface area (TPSA) is 117 Å². The van der Waals surface area contributed by atoms with Crippen molar-refractivity contribution in [3.05, 3.63) is 29.3 Å². The van der Waals surface area contributed by atoms with Gasteiger partial charge in [0, 0.05) is 11.1 Å². The number of hydrogen-bond donors (Lipinski definition) is 2. The summed E-state index contributed by atoms with van der Waals surface area (Å²) < 4.78 is 9.82. The standard InChI is InChI=1S/C13H12N4O3/c1-19-12(18)10-5-4-9(7-8(10)3-2-6-14)11-16-17-13(15)20-11/h4-5,7H,6,14H2,1H3,(H2,15,17).